The Balaban J connectivity index is 2.00. The third-order valence-corrected chi connectivity index (χ3v) is 3.99. The first-order valence-electron chi connectivity index (χ1n) is 6.20. The highest BCUT2D eigenvalue weighted by atomic mass is 32.2. The zero-order valence-electron chi connectivity index (χ0n) is 10.3. The number of rotatable bonds is 9. The van der Waals surface area contributed by atoms with E-state index in [0.717, 1.165) is 25.4 Å². The van der Waals surface area contributed by atoms with Crippen molar-refractivity contribution in [2.45, 2.75) is 45.6 Å². The third kappa shape index (κ3) is 7.19. The Kier molecular flexibility index (Phi) is 5.72. The Morgan fingerprint density at radius 1 is 1.25 bits per heavy atom. The molecule has 0 spiro atoms. The molecule has 0 aromatic carbocycles. The number of sulfonamides is 1. The van der Waals surface area contributed by atoms with Crippen LogP contribution in [0.25, 0.3) is 0 Å². The van der Waals surface area contributed by atoms with Crippen molar-refractivity contribution in [1.82, 2.24) is 10.0 Å². The summed E-state index contributed by atoms with van der Waals surface area (Å²) in [6.45, 7) is 5.50. The molecule has 5 heteroatoms. The number of hydrogen-bond donors (Lipinski definition) is 2. The van der Waals surface area contributed by atoms with Gasteiger partial charge in [-0.15, -0.1) is 0 Å². The van der Waals surface area contributed by atoms with Crippen LogP contribution in [0.2, 0.25) is 0 Å². The Bertz CT molecular complexity index is 284. The molecule has 0 unspecified atom stereocenters. The van der Waals surface area contributed by atoms with Crippen molar-refractivity contribution >= 4 is 10.0 Å². The summed E-state index contributed by atoms with van der Waals surface area (Å²) in [5.41, 5.74) is 0. The van der Waals surface area contributed by atoms with Crippen LogP contribution in [-0.4, -0.2) is 33.3 Å². The second-order valence-electron chi connectivity index (χ2n) is 5.00. The lowest BCUT2D eigenvalue weighted by Gasteiger charge is -2.08. The molecule has 0 amide bonds. The zero-order valence-corrected chi connectivity index (χ0v) is 11.1. The van der Waals surface area contributed by atoms with Crippen LogP contribution in [0.3, 0.4) is 0 Å². The summed E-state index contributed by atoms with van der Waals surface area (Å²) in [6, 6.07) is 0.718. The van der Waals surface area contributed by atoms with Gasteiger partial charge in [-0.25, -0.2) is 13.1 Å². The zero-order chi connectivity index (χ0) is 12.0. The van der Waals surface area contributed by atoms with Crippen molar-refractivity contribution in [1.29, 1.82) is 0 Å². The van der Waals surface area contributed by atoms with Crippen LogP contribution in [0.4, 0.5) is 0 Å². The Hall–Kier alpha value is -0.130. The normalized spacial score (nSPS) is 16.9. The van der Waals surface area contributed by atoms with E-state index in [9.17, 15) is 8.42 Å². The van der Waals surface area contributed by atoms with E-state index in [-0.39, 0.29) is 5.75 Å². The van der Waals surface area contributed by atoms with Gasteiger partial charge in [0.25, 0.3) is 0 Å². The van der Waals surface area contributed by atoms with Gasteiger partial charge >= 0.3 is 0 Å². The molecule has 1 aliphatic rings. The molecule has 0 aromatic heterocycles. The van der Waals surface area contributed by atoms with Gasteiger partial charge in [-0.3, -0.25) is 0 Å². The van der Waals surface area contributed by atoms with Gasteiger partial charge in [0.05, 0.1) is 5.75 Å². The first-order chi connectivity index (χ1) is 7.49. The van der Waals surface area contributed by atoms with E-state index >= 15 is 0 Å². The first kappa shape index (κ1) is 13.9. The fraction of sp³-hybridized carbons (Fsp3) is 1.00. The van der Waals surface area contributed by atoms with Gasteiger partial charge in [-0.2, -0.15) is 0 Å². The van der Waals surface area contributed by atoms with Crippen LogP contribution in [-0.2, 0) is 10.0 Å². The Morgan fingerprint density at radius 3 is 2.50 bits per heavy atom. The van der Waals surface area contributed by atoms with Crippen molar-refractivity contribution in [3.05, 3.63) is 0 Å². The molecule has 0 aromatic rings. The highest BCUT2D eigenvalue weighted by molar-refractivity contribution is 7.89. The highest BCUT2D eigenvalue weighted by Crippen LogP contribution is 2.18. The smallest absolute Gasteiger partial charge is 0.211 e. The monoisotopic (exact) mass is 248 g/mol. The number of nitrogens with one attached hydrogen (secondary N) is 2. The second kappa shape index (κ2) is 6.57. The summed E-state index contributed by atoms with van der Waals surface area (Å²) < 4.78 is 25.6. The van der Waals surface area contributed by atoms with Crippen LogP contribution in [0.1, 0.15) is 39.5 Å². The molecule has 4 nitrogen and oxygen atoms in total. The summed E-state index contributed by atoms with van der Waals surface area (Å²) in [5.74, 6) is 0.623. The molecule has 2 N–H and O–H groups in total. The highest BCUT2D eigenvalue weighted by Gasteiger charge is 2.19. The van der Waals surface area contributed by atoms with E-state index in [1.165, 1.54) is 12.8 Å². The Labute approximate surface area is 99.2 Å². The summed E-state index contributed by atoms with van der Waals surface area (Å²) in [5, 5.41) is 3.38. The minimum Gasteiger partial charge on any atom is -0.314 e. The van der Waals surface area contributed by atoms with Crippen molar-refractivity contribution in [3.8, 4) is 0 Å². The first-order valence-corrected chi connectivity index (χ1v) is 7.85. The van der Waals surface area contributed by atoms with Gasteiger partial charge in [-0.05, 0) is 38.1 Å². The standard InChI is InChI=1S/C11H24N2O2S/c1-10(2)9-13-16(14,15)8-4-3-7-12-11-5-6-11/h10-13H,3-9H2,1-2H3. The maximum Gasteiger partial charge on any atom is 0.211 e. The van der Waals surface area contributed by atoms with Crippen molar-refractivity contribution in [2.75, 3.05) is 18.8 Å². The summed E-state index contributed by atoms with van der Waals surface area (Å²) in [4.78, 5) is 0. The van der Waals surface area contributed by atoms with Gasteiger partial charge in [-0.1, -0.05) is 13.8 Å². The van der Waals surface area contributed by atoms with E-state index in [1.54, 1.807) is 0 Å². The lowest BCUT2D eigenvalue weighted by molar-refractivity contribution is 0.554. The molecular formula is C11H24N2O2S. The maximum absolute atomic E-state index is 11.5. The molecule has 0 radical (unpaired) electrons. The van der Waals surface area contributed by atoms with Crippen molar-refractivity contribution in [2.24, 2.45) is 5.92 Å². The van der Waals surface area contributed by atoms with E-state index in [2.05, 4.69) is 10.0 Å². The van der Waals surface area contributed by atoms with E-state index < -0.39 is 10.0 Å². The topological polar surface area (TPSA) is 58.2 Å². The maximum atomic E-state index is 11.5. The predicted octanol–water partition coefficient (Wildman–Crippen LogP) is 1.09. The second-order valence-corrected chi connectivity index (χ2v) is 6.92. The molecule has 0 atom stereocenters. The van der Waals surface area contributed by atoms with Gasteiger partial charge < -0.3 is 5.32 Å². The Morgan fingerprint density at radius 2 is 1.94 bits per heavy atom. The fourth-order valence-electron chi connectivity index (χ4n) is 1.38. The van der Waals surface area contributed by atoms with Gasteiger partial charge in [0.1, 0.15) is 0 Å². The van der Waals surface area contributed by atoms with Crippen LogP contribution in [0.5, 0.6) is 0 Å². The van der Waals surface area contributed by atoms with Gasteiger partial charge in [0, 0.05) is 12.6 Å². The molecular weight excluding hydrogens is 224 g/mol. The van der Waals surface area contributed by atoms with E-state index in [0.29, 0.717) is 12.5 Å². The molecule has 0 aliphatic heterocycles. The van der Waals surface area contributed by atoms with Crippen LogP contribution in [0.15, 0.2) is 0 Å². The number of unbranched alkanes of at least 4 members (excludes halogenated alkanes) is 1. The minimum atomic E-state index is -3.04. The predicted molar refractivity (Wildman–Crippen MR) is 66.9 cm³/mol. The molecule has 1 rings (SSSR count). The molecule has 0 saturated heterocycles. The van der Waals surface area contributed by atoms with Crippen molar-refractivity contribution < 1.29 is 8.42 Å². The van der Waals surface area contributed by atoms with Gasteiger partial charge in [0.15, 0.2) is 0 Å². The minimum absolute atomic E-state index is 0.256. The molecule has 1 fully saturated rings. The lowest BCUT2D eigenvalue weighted by atomic mass is 10.2. The molecule has 96 valence electrons. The molecule has 16 heavy (non-hydrogen) atoms. The molecule has 1 aliphatic carbocycles. The average molecular weight is 248 g/mol. The molecule has 0 heterocycles. The summed E-state index contributed by atoms with van der Waals surface area (Å²) >= 11 is 0. The molecule has 1 saturated carbocycles. The van der Waals surface area contributed by atoms with Gasteiger partial charge in [0.2, 0.25) is 10.0 Å². The summed E-state index contributed by atoms with van der Waals surface area (Å²) in [6.07, 6.45) is 4.26. The average Bonchev–Trinajstić information content (AvgIpc) is 2.98. The number of hydrogen-bond acceptors (Lipinski definition) is 3. The quantitative estimate of drug-likeness (QED) is 0.601. The van der Waals surface area contributed by atoms with E-state index in [4.69, 9.17) is 0 Å². The van der Waals surface area contributed by atoms with E-state index in [1.807, 2.05) is 13.8 Å². The van der Waals surface area contributed by atoms with Crippen LogP contribution < -0.4 is 10.0 Å². The summed E-state index contributed by atoms with van der Waals surface area (Å²) in [7, 11) is -3.04. The molecule has 0 bridgehead atoms. The van der Waals surface area contributed by atoms with Crippen LogP contribution >= 0.6 is 0 Å². The fourth-order valence-corrected chi connectivity index (χ4v) is 2.69. The third-order valence-electron chi connectivity index (χ3n) is 2.56. The van der Waals surface area contributed by atoms with Crippen molar-refractivity contribution in [3.63, 3.8) is 0 Å². The van der Waals surface area contributed by atoms with Crippen LogP contribution in [0, 0.1) is 5.92 Å². The largest absolute Gasteiger partial charge is 0.314 e. The SMILES string of the molecule is CC(C)CNS(=O)(=O)CCCCNC1CC1. The lowest BCUT2D eigenvalue weighted by Crippen LogP contribution is -2.30.